The molecule has 1 heterocycles. The third-order valence-electron chi connectivity index (χ3n) is 1.20. The summed E-state index contributed by atoms with van der Waals surface area (Å²) < 4.78 is 5.85. The Labute approximate surface area is 73.7 Å². The molecule has 0 saturated heterocycles. The van der Waals surface area contributed by atoms with E-state index in [1.807, 2.05) is 6.92 Å². The average molecular weight is 217 g/mol. The van der Waals surface area contributed by atoms with Gasteiger partial charge in [-0.3, -0.25) is 0 Å². The molecule has 0 bridgehead atoms. The Kier molecular flexibility index (Phi) is 2.70. The molecule has 0 atom stereocenters. The van der Waals surface area contributed by atoms with Crippen molar-refractivity contribution in [2.24, 2.45) is 0 Å². The van der Waals surface area contributed by atoms with Crippen molar-refractivity contribution >= 4 is 21.6 Å². The number of rotatable bonds is 2. The third kappa shape index (κ3) is 1.83. The number of anilines is 1. The monoisotopic (exact) mass is 216 g/mol. The van der Waals surface area contributed by atoms with Crippen molar-refractivity contribution in [2.75, 3.05) is 12.3 Å². The Balaban J connectivity index is 2.96. The number of pyridine rings is 1. The average Bonchev–Trinajstić information content (AvgIpc) is 1.99. The first-order valence-corrected chi connectivity index (χ1v) is 4.07. The lowest BCUT2D eigenvalue weighted by molar-refractivity contribution is 0.341. The minimum Gasteiger partial charge on any atom is -0.492 e. The summed E-state index contributed by atoms with van der Waals surface area (Å²) in [7, 11) is 0. The van der Waals surface area contributed by atoms with E-state index in [9.17, 15) is 0 Å². The smallest absolute Gasteiger partial charge is 0.146 e. The maximum absolute atomic E-state index is 5.63. The number of nitrogen functional groups attached to an aromatic ring is 1. The van der Waals surface area contributed by atoms with Gasteiger partial charge >= 0.3 is 0 Å². The standard InChI is InChI=1S/C7H9BrN2O/c1-2-11-5-3-4-10-7(8)6(5)9/h3-4H,2,9H2,1H3. The largest absolute Gasteiger partial charge is 0.492 e. The molecule has 0 fully saturated rings. The van der Waals surface area contributed by atoms with E-state index >= 15 is 0 Å². The van der Waals surface area contributed by atoms with Crippen LogP contribution in [0.2, 0.25) is 0 Å². The van der Waals surface area contributed by atoms with E-state index in [1.165, 1.54) is 0 Å². The molecular weight excluding hydrogens is 208 g/mol. The molecule has 4 heteroatoms. The summed E-state index contributed by atoms with van der Waals surface area (Å²) in [6.45, 7) is 2.52. The molecule has 0 aliphatic heterocycles. The van der Waals surface area contributed by atoms with Gasteiger partial charge in [-0.15, -0.1) is 0 Å². The van der Waals surface area contributed by atoms with Gasteiger partial charge in [-0.1, -0.05) is 0 Å². The molecule has 1 aromatic heterocycles. The zero-order chi connectivity index (χ0) is 8.27. The van der Waals surface area contributed by atoms with Gasteiger partial charge in [0, 0.05) is 12.3 Å². The Morgan fingerprint density at radius 1 is 1.73 bits per heavy atom. The molecule has 1 aromatic rings. The molecular formula is C7H9BrN2O. The Morgan fingerprint density at radius 2 is 2.45 bits per heavy atom. The first-order chi connectivity index (χ1) is 5.25. The van der Waals surface area contributed by atoms with Crippen LogP contribution in [-0.4, -0.2) is 11.6 Å². The molecule has 0 saturated carbocycles. The van der Waals surface area contributed by atoms with E-state index in [0.717, 1.165) is 0 Å². The lowest BCUT2D eigenvalue weighted by atomic mass is 10.4. The number of halogens is 1. The molecule has 0 aromatic carbocycles. The van der Waals surface area contributed by atoms with Gasteiger partial charge in [-0.05, 0) is 22.9 Å². The fourth-order valence-corrected chi connectivity index (χ4v) is 1.03. The molecule has 2 N–H and O–H groups in total. The highest BCUT2D eigenvalue weighted by atomic mass is 79.9. The van der Waals surface area contributed by atoms with Gasteiger partial charge in [0.25, 0.3) is 0 Å². The van der Waals surface area contributed by atoms with E-state index < -0.39 is 0 Å². The predicted octanol–water partition coefficient (Wildman–Crippen LogP) is 1.82. The zero-order valence-electron chi connectivity index (χ0n) is 6.17. The molecule has 0 unspecified atom stereocenters. The van der Waals surface area contributed by atoms with Gasteiger partial charge in [0.2, 0.25) is 0 Å². The first kappa shape index (κ1) is 8.33. The van der Waals surface area contributed by atoms with Crippen LogP contribution in [0.5, 0.6) is 5.75 Å². The van der Waals surface area contributed by atoms with E-state index in [0.29, 0.717) is 22.6 Å². The van der Waals surface area contributed by atoms with Gasteiger partial charge in [0.1, 0.15) is 16.0 Å². The molecule has 3 nitrogen and oxygen atoms in total. The molecule has 0 radical (unpaired) electrons. The second-order valence-electron chi connectivity index (χ2n) is 1.95. The second kappa shape index (κ2) is 3.57. The van der Waals surface area contributed by atoms with E-state index in [1.54, 1.807) is 12.3 Å². The number of hydrogen-bond acceptors (Lipinski definition) is 3. The molecule has 0 aliphatic rings. The van der Waals surface area contributed by atoms with Crippen molar-refractivity contribution in [3.8, 4) is 5.75 Å². The minimum atomic E-state index is 0.550. The second-order valence-corrected chi connectivity index (χ2v) is 2.70. The van der Waals surface area contributed by atoms with Gasteiger partial charge < -0.3 is 10.5 Å². The number of hydrogen-bond donors (Lipinski definition) is 1. The van der Waals surface area contributed by atoms with Gasteiger partial charge in [-0.2, -0.15) is 0 Å². The maximum atomic E-state index is 5.63. The Bertz CT molecular complexity index is 252. The van der Waals surface area contributed by atoms with Crippen LogP contribution in [0.3, 0.4) is 0 Å². The fourth-order valence-electron chi connectivity index (χ4n) is 0.713. The van der Waals surface area contributed by atoms with Crippen LogP contribution in [0, 0.1) is 0 Å². The summed E-state index contributed by atoms with van der Waals surface area (Å²) in [5, 5.41) is 0. The lowest BCUT2D eigenvalue weighted by Gasteiger charge is -2.05. The summed E-state index contributed by atoms with van der Waals surface area (Å²) in [4.78, 5) is 3.93. The van der Waals surface area contributed by atoms with Crippen LogP contribution >= 0.6 is 15.9 Å². The predicted molar refractivity (Wildman–Crippen MR) is 47.5 cm³/mol. The minimum absolute atomic E-state index is 0.550. The van der Waals surface area contributed by atoms with Crippen LogP contribution in [0.15, 0.2) is 16.9 Å². The van der Waals surface area contributed by atoms with E-state index in [2.05, 4.69) is 20.9 Å². The Morgan fingerprint density at radius 3 is 3.09 bits per heavy atom. The lowest BCUT2D eigenvalue weighted by Crippen LogP contribution is -1.98. The summed E-state index contributed by atoms with van der Waals surface area (Å²) in [6, 6.07) is 1.74. The SMILES string of the molecule is CCOc1ccnc(Br)c1N. The van der Waals surface area contributed by atoms with Gasteiger partial charge in [-0.25, -0.2) is 4.98 Å². The molecule has 60 valence electrons. The number of aromatic nitrogens is 1. The van der Waals surface area contributed by atoms with Crippen LogP contribution in [-0.2, 0) is 0 Å². The first-order valence-electron chi connectivity index (χ1n) is 3.28. The van der Waals surface area contributed by atoms with Crippen molar-refractivity contribution in [1.82, 2.24) is 4.98 Å². The maximum Gasteiger partial charge on any atom is 0.146 e. The topological polar surface area (TPSA) is 48.1 Å². The quantitative estimate of drug-likeness (QED) is 0.768. The third-order valence-corrected chi connectivity index (χ3v) is 1.83. The summed E-state index contributed by atoms with van der Waals surface area (Å²) in [6.07, 6.45) is 1.64. The van der Waals surface area contributed by atoms with Crippen molar-refractivity contribution in [3.05, 3.63) is 16.9 Å². The highest BCUT2D eigenvalue weighted by Gasteiger charge is 2.02. The highest BCUT2D eigenvalue weighted by Crippen LogP contribution is 2.26. The number of nitrogens with zero attached hydrogens (tertiary/aromatic N) is 1. The Hall–Kier alpha value is -0.770. The summed E-state index contributed by atoms with van der Waals surface area (Å²) in [5.41, 5.74) is 6.18. The molecule has 0 spiro atoms. The van der Waals surface area contributed by atoms with Crippen molar-refractivity contribution < 1.29 is 4.74 Å². The van der Waals surface area contributed by atoms with Crippen molar-refractivity contribution in [3.63, 3.8) is 0 Å². The van der Waals surface area contributed by atoms with Crippen LogP contribution in [0.4, 0.5) is 5.69 Å². The van der Waals surface area contributed by atoms with Gasteiger partial charge in [0.05, 0.1) is 6.61 Å². The summed E-state index contributed by atoms with van der Waals surface area (Å²) >= 11 is 3.20. The zero-order valence-corrected chi connectivity index (χ0v) is 7.76. The number of nitrogens with two attached hydrogens (primary N) is 1. The van der Waals surface area contributed by atoms with Crippen LogP contribution < -0.4 is 10.5 Å². The fraction of sp³-hybridized carbons (Fsp3) is 0.286. The van der Waals surface area contributed by atoms with Crippen molar-refractivity contribution in [1.29, 1.82) is 0 Å². The van der Waals surface area contributed by atoms with E-state index in [-0.39, 0.29) is 0 Å². The molecule has 0 amide bonds. The molecule has 0 aliphatic carbocycles. The molecule has 11 heavy (non-hydrogen) atoms. The highest BCUT2D eigenvalue weighted by molar-refractivity contribution is 9.10. The normalized spacial score (nSPS) is 9.64. The van der Waals surface area contributed by atoms with Crippen LogP contribution in [0.25, 0.3) is 0 Å². The molecule has 1 rings (SSSR count). The van der Waals surface area contributed by atoms with Crippen LogP contribution in [0.1, 0.15) is 6.92 Å². The number of ether oxygens (including phenoxy) is 1. The summed E-state index contributed by atoms with van der Waals surface area (Å²) in [5.74, 6) is 0.675. The van der Waals surface area contributed by atoms with E-state index in [4.69, 9.17) is 10.5 Å². The van der Waals surface area contributed by atoms with Gasteiger partial charge in [0.15, 0.2) is 0 Å². The van der Waals surface area contributed by atoms with Crippen molar-refractivity contribution in [2.45, 2.75) is 6.92 Å².